The molecule has 3 nitrogen and oxygen atoms in total. The standard InChI is InChI=1S/C27H24FNO2S/c1-32-21-11-7-18(8-12-21)26(27(30)31)29-24-13-9-19(17-5-3-2-4-6-17)15-22(24)23-16-20(28)10-14-25(23)29/h2-8,10-12,14,16,19,26H,9,13,15H2,1H3,(H,30,31). The highest BCUT2D eigenvalue weighted by Crippen LogP contribution is 2.41. The molecule has 0 aliphatic heterocycles. The highest BCUT2D eigenvalue weighted by molar-refractivity contribution is 7.98. The number of carboxylic acids is 1. The van der Waals surface area contributed by atoms with Crippen molar-refractivity contribution >= 4 is 28.6 Å². The van der Waals surface area contributed by atoms with Gasteiger partial charge in [-0.2, -0.15) is 0 Å². The van der Waals surface area contributed by atoms with Gasteiger partial charge in [-0.15, -0.1) is 11.8 Å². The monoisotopic (exact) mass is 445 g/mol. The van der Waals surface area contributed by atoms with E-state index in [-0.39, 0.29) is 5.82 Å². The summed E-state index contributed by atoms with van der Waals surface area (Å²) in [5.41, 5.74) is 4.87. The Balaban J connectivity index is 1.67. The summed E-state index contributed by atoms with van der Waals surface area (Å²) in [4.78, 5) is 13.6. The van der Waals surface area contributed by atoms with Gasteiger partial charge in [0.05, 0.1) is 0 Å². The van der Waals surface area contributed by atoms with Crippen LogP contribution in [0.15, 0.2) is 77.7 Å². The Morgan fingerprint density at radius 2 is 1.84 bits per heavy atom. The van der Waals surface area contributed by atoms with Crippen molar-refractivity contribution < 1.29 is 14.3 Å². The third kappa shape index (κ3) is 3.61. The van der Waals surface area contributed by atoms with Gasteiger partial charge in [-0.25, -0.2) is 9.18 Å². The fourth-order valence-electron chi connectivity index (χ4n) is 5.06. The molecule has 5 heteroatoms. The summed E-state index contributed by atoms with van der Waals surface area (Å²) in [6, 6.07) is 22.0. The predicted octanol–water partition coefficient (Wildman–Crippen LogP) is 6.45. The van der Waals surface area contributed by atoms with Crippen LogP contribution in [-0.4, -0.2) is 21.9 Å². The minimum absolute atomic E-state index is 0.296. The van der Waals surface area contributed by atoms with Crippen molar-refractivity contribution in [2.75, 3.05) is 6.26 Å². The summed E-state index contributed by atoms with van der Waals surface area (Å²) in [5.74, 6) is -0.859. The van der Waals surface area contributed by atoms with Crippen molar-refractivity contribution in [3.05, 3.63) is 101 Å². The lowest BCUT2D eigenvalue weighted by molar-refractivity contribution is -0.139. The topological polar surface area (TPSA) is 42.2 Å². The van der Waals surface area contributed by atoms with Crippen molar-refractivity contribution in [3.63, 3.8) is 0 Å². The minimum atomic E-state index is -0.906. The molecule has 0 saturated carbocycles. The zero-order valence-corrected chi connectivity index (χ0v) is 18.6. The van der Waals surface area contributed by atoms with Gasteiger partial charge in [-0.3, -0.25) is 0 Å². The predicted molar refractivity (Wildman–Crippen MR) is 127 cm³/mol. The van der Waals surface area contributed by atoms with Crippen LogP contribution in [0.4, 0.5) is 4.39 Å². The van der Waals surface area contributed by atoms with E-state index in [9.17, 15) is 14.3 Å². The molecule has 4 aromatic rings. The molecule has 5 rings (SSSR count). The first-order chi connectivity index (χ1) is 15.6. The normalized spacial score (nSPS) is 16.6. The lowest BCUT2D eigenvalue weighted by Crippen LogP contribution is -2.24. The summed E-state index contributed by atoms with van der Waals surface area (Å²) >= 11 is 1.62. The van der Waals surface area contributed by atoms with Crippen molar-refractivity contribution in [3.8, 4) is 0 Å². The molecule has 1 N–H and O–H groups in total. The quantitative estimate of drug-likeness (QED) is 0.359. The van der Waals surface area contributed by atoms with Crippen molar-refractivity contribution in [1.82, 2.24) is 4.57 Å². The van der Waals surface area contributed by atoms with Gasteiger partial charge in [-0.05, 0) is 78.5 Å². The Morgan fingerprint density at radius 3 is 2.53 bits per heavy atom. The second kappa shape index (κ2) is 8.47. The Bertz CT molecular complexity index is 1280. The third-order valence-corrected chi connectivity index (χ3v) is 7.30. The molecular formula is C27H24FNO2S. The summed E-state index contributed by atoms with van der Waals surface area (Å²) in [5, 5.41) is 11.1. The van der Waals surface area contributed by atoms with E-state index in [2.05, 4.69) is 12.1 Å². The maximum absolute atomic E-state index is 14.3. The molecule has 1 aliphatic rings. The molecule has 0 amide bonds. The first-order valence-corrected chi connectivity index (χ1v) is 12.0. The number of aliphatic carboxylic acids is 1. The molecular weight excluding hydrogens is 421 g/mol. The van der Waals surface area contributed by atoms with Crippen molar-refractivity contribution in [1.29, 1.82) is 0 Å². The number of hydrogen-bond acceptors (Lipinski definition) is 2. The second-order valence-corrected chi connectivity index (χ2v) is 9.20. The van der Waals surface area contributed by atoms with Gasteiger partial charge in [0.25, 0.3) is 0 Å². The van der Waals surface area contributed by atoms with Gasteiger partial charge in [0.1, 0.15) is 5.82 Å². The molecule has 1 aromatic heterocycles. The first-order valence-electron chi connectivity index (χ1n) is 10.8. The van der Waals surface area contributed by atoms with E-state index in [4.69, 9.17) is 0 Å². The number of carboxylic acid groups (broad SMARTS) is 1. The van der Waals surface area contributed by atoms with Crippen LogP contribution in [0.2, 0.25) is 0 Å². The van der Waals surface area contributed by atoms with E-state index in [0.717, 1.165) is 51.9 Å². The Morgan fingerprint density at radius 1 is 1.09 bits per heavy atom. The smallest absolute Gasteiger partial charge is 0.331 e. The number of fused-ring (bicyclic) bond motifs is 3. The molecule has 2 atom stereocenters. The van der Waals surface area contributed by atoms with Crippen molar-refractivity contribution in [2.24, 2.45) is 0 Å². The zero-order chi connectivity index (χ0) is 22.2. The third-order valence-electron chi connectivity index (χ3n) is 6.56. The SMILES string of the molecule is CSc1ccc(C(C(=O)O)n2c3c(c4cc(F)ccc42)CC(c2ccccc2)CC3)cc1. The molecule has 1 aliphatic carbocycles. The number of benzene rings is 3. The van der Waals surface area contributed by atoms with Gasteiger partial charge < -0.3 is 9.67 Å². The van der Waals surface area contributed by atoms with Crippen LogP contribution in [-0.2, 0) is 17.6 Å². The van der Waals surface area contributed by atoms with Gasteiger partial charge in [0, 0.05) is 21.5 Å². The largest absolute Gasteiger partial charge is 0.479 e. The van der Waals surface area contributed by atoms with Crippen LogP contribution >= 0.6 is 11.8 Å². The highest BCUT2D eigenvalue weighted by atomic mass is 32.2. The second-order valence-electron chi connectivity index (χ2n) is 8.32. The minimum Gasteiger partial charge on any atom is -0.479 e. The molecule has 0 bridgehead atoms. The average Bonchev–Trinajstić information content (AvgIpc) is 3.13. The van der Waals surface area contributed by atoms with Crippen LogP contribution in [0.3, 0.4) is 0 Å². The van der Waals surface area contributed by atoms with E-state index < -0.39 is 12.0 Å². The Hall–Kier alpha value is -3.05. The van der Waals surface area contributed by atoms with Crippen molar-refractivity contribution in [2.45, 2.75) is 36.1 Å². The van der Waals surface area contributed by atoms with Gasteiger partial charge >= 0.3 is 5.97 Å². The van der Waals surface area contributed by atoms with Gasteiger partial charge in [0.2, 0.25) is 0 Å². The number of hydrogen-bond donors (Lipinski definition) is 1. The number of rotatable bonds is 5. The van der Waals surface area contributed by atoms with Gasteiger partial charge in [0.15, 0.2) is 6.04 Å². The Kier molecular flexibility index (Phi) is 5.51. The summed E-state index contributed by atoms with van der Waals surface area (Å²) in [6.07, 6.45) is 4.48. The molecule has 0 fully saturated rings. The fraction of sp³-hybridized carbons (Fsp3) is 0.222. The van der Waals surface area contributed by atoms with E-state index in [1.54, 1.807) is 23.9 Å². The molecule has 162 valence electrons. The first kappa shape index (κ1) is 20.8. The van der Waals surface area contributed by atoms with Crippen LogP contribution in [0.25, 0.3) is 10.9 Å². The number of aromatic nitrogens is 1. The van der Waals surface area contributed by atoms with E-state index >= 15 is 0 Å². The molecule has 3 aromatic carbocycles. The maximum atomic E-state index is 14.3. The summed E-state index contributed by atoms with van der Waals surface area (Å²) in [7, 11) is 0. The van der Waals surface area contributed by atoms with E-state index in [1.165, 1.54) is 11.6 Å². The van der Waals surface area contributed by atoms with Crippen LogP contribution in [0, 0.1) is 5.82 Å². The highest BCUT2D eigenvalue weighted by Gasteiger charge is 2.32. The number of carbonyl (C=O) groups is 1. The molecule has 0 spiro atoms. The molecule has 0 radical (unpaired) electrons. The Labute approximate surface area is 190 Å². The zero-order valence-electron chi connectivity index (χ0n) is 17.8. The average molecular weight is 446 g/mol. The lowest BCUT2D eigenvalue weighted by Gasteiger charge is -2.26. The maximum Gasteiger partial charge on any atom is 0.331 e. The summed E-state index contributed by atoms with van der Waals surface area (Å²) < 4.78 is 16.2. The number of halogens is 1. The van der Waals surface area contributed by atoms with Crippen LogP contribution in [0.1, 0.15) is 40.8 Å². The molecule has 0 saturated heterocycles. The fourth-order valence-corrected chi connectivity index (χ4v) is 5.47. The van der Waals surface area contributed by atoms with E-state index in [0.29, 0.717) is 5.92 Å². The molecule has 32 heavy (non-hydrogen) atoms. The number of thioether (sulfide) groups is 1. The van der Waals surface area contributed by atoms with E-state index in [1.807, 2.05) is 53.3 Å². The number of nitrogens with zero attached hydrogens (tertiary/aromatic N) is 1. The molecule has 1 heterocycles. The van der Waals surface area contributed by atoms with Crippen LogP contribution < -0.4 is 0 Å². The van der Waals surface area contributed by atoms with Gasteiger partial charge in [-0.1, -0.05) is 42.5 Å². The molecule has 2 unspecified atom stereocenters. The summed E-state index contributed by atoms with van der Waals surface area (Å²) in [6.45, 7) is 0. The lowest BCUT2D eigenvalue weighted by atomic mass is 9.82. The van der Waals surface area contributed by atoms with Crippen LogP contribution in [0.5, 0.6) is 0 Å².